The lowest BCUT2D eigenvalue weighted by molar-refractivity contribution is 0.150. The number of unbranched alkanes of at least 4 members (excludes halogenated alkanes) is 11. The molecule has 0 aliphatic heterocycles. The van der Waals surface area contributed by atoms with Crippen molar-refractivity contribution in [3.05, 3.63) is 59.1 Å². The van der Waals surface area contributed by atoms with Crippen molar-refractivity contribution in [1.29, 1.82) is 0 Å². The summed E-state index contributed by atoms with van der Waals surface area (Å²) < 4.78 is 5.08. The van der Waals surface area contributed by atoms with Gasteiger partial charge in [-0.15, -0.1) is 0 Å². The van der Waals surface area contributed by atoms with Crippen molar-refractivity contribution in [1.82, 2.24) is 0 Å². The molecular weight excluding hydrogens is 479 g/mol. The lowest BCUT2D eigenvalue weighted by Crippen LogP contribution is -2.27. The van der Waals surface area contributed by atoms with Gasteiger partial charge in [-0.1, -0.05) is 125 Å². The molecule has 4 nitrogen and oxygen atoms in total. The van der Waals surface area contributed by atoms with Gasteiger partial charge in [-0.3, -0.25) is 0 Å². The third-order valence-corrected chi connectivity index (χ3v) is 6.97. The van der Waals surface area contributed by atoms with Gasteiger partial charge in [0.05, 0.1) is 0 Å². The first-order chi connectivity index (χ1) is 17.0. The number of anilines is 2. The van der Waals surface area contributed by atoms with E-state index in [1.54, 1.807) is 0 Å². The summed E-state index contributed by atoms with van der Waals surface area (Å²) in [6.07, 6.45) is 15.8. The van der Waals surface area contributed by atoms with Crippen molar-refractivity contribution in [2.24, 2.45) is 5.73 Å². The summed E-state index contributed by atoms with van der Waals surface area (Å²) in [5, 5.41) is 0.672. The van der Waals surface area contributed by atoms with Crippen LogP contribution in [0.15, 0.2) is 48.5 Å². The van der Waals surface area contributed by atoms with Crippen LogP contribution in [0.5, 0.6) is 0 Å². The monoisotopic (exact) mass is 520 g/mol. The highest BCUT2D eigenvalue weighted by Gasteiger charge is 2.21. The number of para-hydroxylation sites is 1. The number of halogens is 2. The van der Waals surface area contributed by atoms with E-state index in [9.17, 15) is 4.79 Å². The van der Waals surface area contributed by atoms with E-state index in [2.05, 4.69) is 11.8 Å². The number of nitrogens with zero attached hydrogens (tertiary/aromatic N) is 1. The fourth-order valence-corrected chi connectivity index (χ4v) is 4.85. The van der Waals surface area contributed by atoms with Crippen LogP contribution in [0.1, 0.15) is 96.0 Å². The molecule has 0 saturated heterocycles. The van der Waals surface area contributed by atoms with Gasteiger partial charge in [0.2, 0.25) is 0 Å². The Morgan fingerprint density at radius 1 is 0.857 bits per heavy atom. The molecule has 0 aliphatic rings. The number of primary amides is 1. The minimum absolute atomic E-state index is 0.0950. The van der Waals surface area contributed by atoms with Crippen molar-refractivity contribution >= 4 is 40.7 Å². The van der Waals surface area contributed by atoms with Gasteiger partial charge in [0.25, 0.3) is 0 Å². The highest BCUT2D eigenvalue weighted by Crippen LogP contribution is 2.35. The van der Waals surface area contributed by atoms with Gasteiger partial charge in [0.15, 0.2) is 0 Å². The predicted octanol–water partition coefficient (Wildman–Crippen LogP) is 9.73. The minimum Gasteiger partial charge on any atom is -0.445 e. The second-order valence-corrected chi connectivity index (χ2v) is 10.1. The molecule has 0 aromatic heterocycles. The van der Waals surface area contributed by atoms with Crippen LogP contribution in [0, 0.1) is 0 Å². The van der Waals surface area contributed by atoms with E-state index in [-0.39, 0.29) is 12.1 Å². The summed E-state index contributed by atoms with van der Waals surface area (Å²) in [4.78, 5) is 13.3. The van der Waals surface area contributed by atoms with Gasteiger partial charge in [0, 0.05) is 22.0 Å². The summed E-state index contributed by atoms with van der Waals surface area (Å²) in [7, 11) is 0. The Bertz CT molecular complexity index is 845. The minimum atomic E-state index is -0.795. The smallest absolute Gasteiger partial charge is 0.404 e. The molecule has 0 bridgehead atoms. The second kappa shape index (κ2) is 17.5. The highest BCUT2D eigenvalue weighted by molar-refractivity contribution is 6.30. The lowest BCUT2D eigenvalue weighted by atomic mass is 10.0. The van der Waals surface area contributed by atoms with Gasteiger partial charge in [0.1, 0.15) is 12.1 Å². The van der Waals surface area contributed by atoms with Crippen LogP contribution in [0.25, 0.3) is 0 Å². The molecule has 0 saturated carbocycles. The van der Waals surface area contributed by atoms with E-state index < -0.39 is 6.09 Å². The van der Waals surface area contributed by atoms with Gasteiger partial charge in [-0.2, -0.15) is 0 Å². The Morgan fingerprint density at radius 3 is 1.97 bits per heavy atom. The zero-order chi connectivity index (χ0) is 25.3. The van der Waals surface area contributed by atoms with Crippen molar-refractivity contribution in [3.63, 3.8) is 0 Å². The predicted molar refractivity (Wildman–Crippen MR) is 150 cm³/mol. The number of benzene rings is 2. The number of ether oxygens (including phenoxy) is 1. The number of alkyl halides is 1. The van der Waals surface area contributed by atoms with E-state index in [0.717, 1.165) is 29.8 Å². The molecule has 2 rings (SSSR count). The van der Waals surface area contributed by atoms with Crippen molar-refractivity contribution in [2.75, 3.05) is 4.90 Å². The first kappa shape index (κ1) is 29.3. The van der Waals surface area contributed by atoms with Gasteiger partial charge >= 0.3 is 6.09 Å². The first-order valence-electron chi connectivity index (χ1n) is 13.2. The maximum Gasteiger partial charge on any atom is 0.404 e. The molecule has 1 atom stereocenters. The maximum absolute atomic E-state index is 11.2. The molecule has 1 unspecified atom stereocenters. The van der Waals surface area contributed by atoms with Crippen molar-refractivity contribution in [3.8, 4) is 0 Å². The molecular formula is C29H42Cl2N2O2. The van der Waals surface area contributed by atoms with Gasteiger partial charge in [-0.05, 0) is 36.8 Å². The number of amides is 1. The van der Waals surface area contributed by atoms with Crippen LogP contribution in [-0.2, 0) is 11.3 Å². The van der Waals surface area contributed by atoms with E-state index in [4.69, 9.17) is 33.7 Å². The van der Waals surface area contributed by atoms with E-state index in [1.807, 2.05) is 48.5 Å². The van der Waals surface area contributed by atoms with E-state index in [1.165, 1.54) is 70.6 Å². The third-order valence-electron chi connectivity index (χ3n) is 6.30. The molecule has 2 aromatic rings. The Morgan fingerprint density at radius 2 is 1.40 bits per heavy atom. The number of nitrogens with two attached hydrogens (primary N) is 1. The molecule has 35 heavy (non-hydrogen) atoms. The second-order valence-electron chi connectivity index (χ2n) is 9.20. The molecule has 0 heterocycles. The molecule has 6 heteroatoms. The molecule has 0 spiro atoms. The van der Waals surface area contributed by atoms with Crippen LogP contribution in [-0.4, -0.2) is 11.6 Å². The molecule has 194 valence electrons. The Labute approximate surface area is 222 Å². The summed E-state index contributed by atoms with van der Waals surface area (Å²) in [5.41, 5.74) is 7.65. The number of rotatable bonds is 18. The molecule has 1 amide bonds. The summed E-state index contributed by atoms with van der Waals surface area (Å²) in [6.45, 7) is 2.36. The quantitative estimate of drug-likeness (QED) is 0.121. The average Bonchev–Trinajstić information content (AvgIpc) is 2.85. The van der Waals surface area contributed by atoms with Crippen molar-refractivity contribution in [2.45, 2.75) is 103 Å². The zero-order valence-electron chi connectivity index (χ0n) is 21.2. The number of carbonyl (C=O) groups excluding carboxylic acids is 1. The first-order valence-corrected chi connectivity index (χ1v) is 14.0. The fourth-order valence-electron chi connectivity index (χ4n) is 4.35. The van der Waals surface area contributed by atoms with Crippen LogP contribution in [0.2, 0.25) is 5.02 Å². The Kier molecular flexibility index (Phi) is 14.7. The topological polar surface area (TPSA) is 55.6 Å². The third kappa shape index (κ3) is 11.6. The fraction of sp³-hybridized carbons (Fsp3) is 0.552. The normalized spacial score (nSPS) is 11.9. The van der Waals surface area contributed by atoms with E-state index >= 15 is 0 Å². The number of hydrogen-bond donors (Lipinski definition) is 1. The summed E-state index contributed by atoms with van der Waals surface area (Å²) in [5.74, 6) is 0. The highest BCUT2D eigenvalue weighted by atomic mass is 35.5. The number of hydrogen-bond acceptors (Lipinski definition) is 3. The zero-order valence-corrected chi connectivity index (χ0v) is 22.7. The molecule has 0 aliphatic carbocycles. The van der Waals surface area contributed by atoms with Gasteiger partial charge < -0.3 is 15.4 Å². The molecule has 2 aromatic carbocycles. The van der Waals surface area contributed by atoms with Crippen LogP contribution in [0.3, 0.4) is 0 Å². The maximum atomic E-state index is 11.2. The number of carbonyl (C=O) groups is 1. The van der Waals surface area contributed by atoms with Crippen molar-refractivity contribution < 1.29 is 9.53 Å². The van der Waals surface area contributed by atoms with Crippen LogP contribution in [0.4, 0.5) is 16.2 Å². The SMILES string of the molecule is CCCCCCCCCCCCCCC(Cl)N(c1ccc(Cl)cc1)c1ccccc1COC(N)=O. The van der Waals surface area contributed by atoms with Gasteiger partial charge in [-0.25, -0.2) is 4.79 Å². The average molecular weight is 522 g/mol. The Hall–Kier alpha value is -1.91. The largest absolute Gasteiger partial charge is 0.445 e. The molecule has 0 fully saturated rings. The standard InChI is InChI=1S/C29H42Cl2N2O2/c1-2-3-4-5-6-7-8-9-10-11-12-13-18-28(31)33(26-21-19-25(30)20-22-26)27-17-15-14-16-24(27)23-35-29(32)34/h14-17,19-22,28H,2-13,18,23H2,1H3,(H2,32,34). The van der Waals surface area contributed by atoms with E-state index in [0.29, 0.717) is 5.02 Å². The molecule has 2 N–H and O–H groups in total. The summed E-state index contributed by atoms with van der Waals surface area (Å²) >= 11 is 13.1. The Balaban J connectivity index is 1.87. The van der Waals surface area contributed by atoms with Crippen LogP contribution >= 0.6 is 23.2 Å². The lowest BCUT2D eigenvalue weighted by Gasteiger charge is -2.31. The van der Waals surface area contributed by atoms with Crippen LogP contribution < -0.4 is 10.6 Å². The summed E-state index contributed by atoms with van der Waals surface area (Å²) in [6, 6.07) is 15.4. The molecule has 0 radical (unpaired) electrons.